The molecule has 4 heterocycles. The molecule has 0 bridgehead atoms. The number of thiazole rings is 1. The molecule has 5 rings (SSSR count). The van der Waals surface area contributed by atoms with Crippen LogP contribution < -0.4 is 10.9 Å². The Balaban J connectivity index is 1.29. The van der Waals surface area contributed by atoms with Gasteiger partial charge in [-0.3, -0.25) is 9.59 Å². The van der Waals surface area contributed by atoms with E-state index in [9.17, 15) is 18.4 Å². The van der Waals surface area contributed by atoms with E-state index in [1.807, 2.05) is 23.7 Å². The topological polar surface area (TPSA) is 92.7 Å². The summed E-state index contributed by atoms with van der Waals surface area (Å²) in [6.07, 6.45) is 5.04. The van der Waals surface area contributed by atoms with Gasteiger partial charge in [-0.15, -0.1) is 11.3 Å². The minimum Gasteiger partial charge on any atom is -0.346 e. The van der Waals surface area contributed by atoms with E-state index in [1.54, 1.807) is 12.3 Å². The van der Waals surface area contributed by atoms with Crippen LogP contribution >= 0.6 is 11.3 Å². The Morgan fingerprint density at radius 3 is 2.88 bits per heavy atom. The summed E-state index contributed by atoms with van der Waals surface area (Å²) >= 11 is 1.45. The van der Waals surface area contributed by atoms with Crippen LogP contribution in [0.2, 0.25) is 0 Å². The molecule has 170 valence electrons. The van der Waals surface area contributed by atoms with Crippen molar-refractivity contribution in [3.8, 4) is 10.6 Å². The average Bonchev–Trinajstić information content (AvgIpc) is 3.48. The molecule has 34 heavy (non-hydrogen) atoms. The number of carbonyl (C=O) groups is 1. The van der Waals surface area contributed by atoms with Crippen LogP contribution in [0.25, 0.3) is 21.6 Å². The number of hydrogen-bond donors (Lipinski definition) is 2. The van der Waals surface area contributed by atoms with Gasteiger partial charge in [-0.1, -0.05) is 6.07 Å². The quantitative estimate of drug-likeness (QED) is 0.385. The van der Waals surface area contributed by atoms with Gasteiger partial charge in [0.1, 0.15) is 16.2 Å². The molecule has 1 aromatic carbocycles. The second-order valence-electron chi connectivity index (χ2n) is 7.53. The van der Waals surface area contributed by atoms with Crippen molar-refractivity contribution in [2.24, 2.45) is 0 Å². The molecule has 0 aliphatic carbocycles. The van der Waals surface area contributed by atoms with Crippen LogP contribution in [0.5, 0.6) is 0 Å². The van der Waals surface area contributed by atoms with Crippen molar-refractivity contribution in [3.63, 3.8) is 0 Å². The van der Waals surface area contributed by atoms with Gasteiger partial charge in [-0.25, -0.2) is 18.7 Å². The lowest BCUT2D eigenvalue weighted by molar-refractivity contribution is 0.0948. The summed E-state index contributed by atoms with van der Waals surface area (Å²) in [6.45, 7) is 0.152. The number of H-pyrrole nitrogens is 1. The second kappa shape index (κ2) is 8.99. The van der Waals surface area contributed by atoms with Gasteiger partial charge in [0.2, 0.25) is 0 Å². The van der Waals surface area contributed by atoms with Crippen molar-refractivity contribution in [3.05, 3.63) is 105 Å². The van der Waals surface area contributed by atoms with Crippen molar-refractivity contribution >= 4 is 28.3 Å². The van der Waals surface area contributed by atoms with E-state index in [1.165, 1.54) is 34.2 Å². The smallest absolute Gasteiger partial charge is 0.263 e. The number of carbonyl (C=O) groups excluding carboxylic acids is 1. The maximum Gasteiger partial charge on any atom is 0.263 e. The third kappa shape index (κ3) is 4.23. The SMILES string of the molecule is O=C(NCc1csc(-c2c[nH]c3ncccc23)n1)c1cccn(Cc2ccc(F)c(F)c2)c1=O. The first-order valence-electron chi connectivity index (χ1n) is 10.3. The molecule has 0 aliphatic heterocycles. The predicted molar refractivity (Wildman–Crippen MR) is 125 cm³/mol. The number of benzene rings is 1. The molecule has 0 saturated heterocycles. The van der Waals surface area contributed by atoms with E-state index in [-0.39, 0.29) is 18.7 Å². The molecule has 1 amide bonds. The highest BCUT2D eigenvalue weighted by Crippen LogP contribution is 2.30. The zero-order valence-electron chi connectivity index (χ0n) is 17.6. The summed E-state index contributed by atoms with van der Waals surface area (Å²) < 4.78 is 27.9. The minimum absolute atomic E-state index is 0.00603. The normalized spacial score (nSPS) is 11.1. The van der Waals surface area contributed by atoms with E-state index in [2.05, 4.69) is 20.3 Å². The van der Waals surface area contributed by atoms with E-state index < -0.39 is 23.1 Å². The number of aromatic amines is 1. The van der Waals surface area contributed by atoms with Crippen molar-refractivity contribution in [2.45, 2.75) is 13.1 Å². The fraction of sp³-hybridized carbons (Fsp3) is 0.0833. The van der Waals surface area contributed by atoms with Gasteiger partial charge < -0.3 is 14.9 Å². The van der Waals surface area contributed by atoms with E-state index >= 15 is 0 Å². The van der Waals surface area contributed by atoms with Crippen molar-refractivity contribution < 1.29 is 13.6 Å². The second-order valence-corrected chi connectivity index (χ2v) is 8.39. The van der Waals surface area contributed by atoms with Gasteiger partial charge in [-0.2, -0.15) is 0 Å². The molecule has 7 nitrogen and oxygen atoms in total. The maximum absolute atomic E-state index is 13.5. The first-order valence-corrected chi connectivity index (χ1v) is 11.2. The lowest BCUT2D eigenvalue weighted by Crippen LogP contribution is -2.32. The van der Waals surface area contributed by atoms with Gasteiger partial charge in [0.25, 0.3) is 11.5 Å². The van der Waals surface area contributed by atoms with Crippen LogP contribution in [0.1, 0.15) is 21.6 Å². The fourth-order valence-electron chi connectivity index (χ4n) is 3.58. The molecule has 4 aromatic heterocycles. The van der Waals surface area contributed by atoms with Crippen LogP contribution in [0, 0.1) is 11.6 Å². The number of nitrogens with one attached hydrogen (secondary N) is 2. The standard InChI is InChI=1S/C24H17F2N5O2S/c25-19-6-5-14(9-20(19)26)12-31-8-2-4-17(24(31)33)22(32)29-10-15-13-34-23(30-15)18-11-28-21-16(18)3-1-7-27-21/h1-9,11,13H,10,12H2,(H,27,28)(H,29,32). The highest BCUT2D eigenvalue weighted by Gasteiger charge is 2.15. The molecule has 0 spiro atoms. The summed E-state index contributed by atoms with van der Waals surface area (Å²) in [5.41, 5.74) is 2.17. The van der Waals surface area contributed by atoms with E-state index in [4.69, 9.17) is 0 Å². The van der Waals surface area contributed by atoms with Gasteiger partial charge in [-0.05, 0) is 42.0 Å². The summed E-state index contributed by atoms with van der Waals surface area (Å²) in [4.78, 5) is 37.4. The Kier molecular flexibility index (Phi) is 5.72. The van der Waals surface area contributed by atoms with Crippen molar-refractivity contribution in [1.29, 1.82) is 0 Å². The Morgan fingerprint density at radius 1 is 1.15 bits per heavy atom. The molecule has 2 N–H and O–H groups in total. The zero-order chi connectivity index (χ0) is 23.7. The molecule has 0 atom stereocenters. The predicted octanol–water partition coefficient (Wildman–Crippen LogP) is 4.10. The third-order valence-electron chi connectivity index (χ3n) is 5.27. The average molecular weight is 477 g/mol. The highest BCUT2D eigenvalue weighted by atomic mass is 32.1. The zero-order valence-corrected chi connectivity index (χ0v) is 18.4. The first-order chi connectivity index (χ1) is 16.5. The van der Waals surface area contributed by atoms with Gasteiger partial charge >= 0.3 is 0 Å². The summed E-state index contributed by atoms with van der Waals surface area (Å²) in [6, 6.07) is 10.2. The van der Waals surface area contributed by atoms with Gasteiger partial charge in [0, 0.05) is 34.9 Å². The number of hydrogen-bond acceptors (Lipinski definition) is 5. The molecular formula is C24H17F2N5O2S. The van der Waals surface area contributed by atoms with E-state index in [0.29, 0.717) is 11.3 Å². The number of fused-ring (bicyclic) bond motifs is 1. The molecule has 0 fully saturated rings. The maximum atomic E-state index is 13.5. The van der Waals surface area contributed by atoms with Crippen LogP contribution in [-0.4, -0.2) is 25.4 Å². The van der Waals surface area contributed by atoms with Crippen LogP contribution in [0.4, 0.5) is 8.78 Å². The Labute approximate surface area is 195 Å². The Morgan fingerprint density at radius 2 is 2.03 bits per heavy atom. The first kappa shape index (κ1) is 21.7. The molecule has 5 aromatic rings. The van der Waals surface area contributed by atoms with Gasteiger partial charge in [0.05, 0.1) is 18.8 Å². The lowest BCUT2D eigenvalue weighted by atomic mass is 10.2. The van der Waals surface area contributed by atoms with Gasteiger partial charge in [0.15, 0.2) is 11.6 Å². The van der Waals surface area contributed by atoms with Crippen molar-refractivity contribution in [1.82, 2.24) is 24.8 Å². The number of pyridine rings is 2. The van der Waals surface area contributed by atoms with E-state index in [0.717, 1.165) is 33.7 Å². The largest absolute Gasteiger partial charge is 0.346 e. The molecular weight excluding hydrogens is 460 g/mol. The number of nitrogens with zero attached hydrogens (tertiary/aromatic N) is 3. The van der Waals surface area contributed by atoms with Crippen LogP contribution in [0.15, 0.2) is 71.2 Å². The molecule has 0 aliphatic rings. The Hall–Kier alpha value is -4.18. The number of rotatable bonds is 6. The number of aromatic nitrogens is 4. The lowest BCUT2D eigenvalue weighted by Gasteiger charge is -2.09. The monoisotopic (exact) mass is 477 g/mol. The van der Waals surface area contributed by atoms with Crippen molar-refractivity contribution in [2.75, 3.05) is 0 Å². The Bertz CT molecular complexity index is 1570. The number of halogens is 2. The van der Waals surface area contributed by atoms with Crippen LogP contribution in [0.3, 0.4) is 0 Å². The molecule has 0 radical (unpaired) electrons. The minimum atomic E-state index is -0.994. The fourth-order valence-corrected chi connectivity index (χ4v) is 4.43. The molecule has 0 unspecified atom stereocenters. The molecule has 0 saturated carbocycles. The summed E-state index contributed by atoms with van der Waals surface area (Å²) in [5, 5.41) is 6.31. The third-order valence-corrected chi connectivity index (χ3v) is 6.19. The summed E-state index contributed by atoms with van der Waals surface area (Å²) in [7, 11) is 0. The number of amides is 1. The summed E-state index contributed by atoms with van der Waals surface area (Å²) in [5.74, 6) is -2.50. The molecule has 10 heteroatoms. The highest BCUT2D eigenvalue weighted by molar-refractivity contribution is 7.13. The van der Waals surface area contributed by atoms with Crippen LogP contribution in [-0.2, 0) is 13.1 Å².